The van der Waals surface area contributed by atoms with E-state index in [1.807, 2.05) is 24.3 Å². The monoisotopic (exact) mass is 1020 g/mol. The van der Waals surface area contributed by atoms with Gasteiger partial charge in [0, 0.05) is 77.1 Å². The van der Waals surface area contributed by atoms with E-state index in [2.05, 4.69) is 36.6 Å². The van der Waals surface area contributed by atoms with Gasteiger partial charge in [0.2, 0.25) is 5.91 Å². The van der Waals surface area contributed by atoms with E-state index in [4.69, 9.17) is 34.6 Å². The van der Waals surface area contributed by atoms with E-state index in [9.17, 15) is 36.3 Å². The van der Waals surface area contributed by atoms with Crippen LogP contribution >= 0.6 is 0 Å². The number of aliphatic carboxylic acids is 1. The molecule has 0 saturated heterocycles. The third-order valence-electron chi connectivity index (χ3n) is 10.1. The fourth-order valence-corrected chi connectivity index (χ4v) is 6.58. The number of nitrogens with zero attached hydrogens (tertiary/aromatic N) is 2. The SMILES string of the molecule is COc1cc2c(Oc3ccc(NC(=O)Nc4ccc(F)cc4)cc3)ccnc2cc1CN.COc1cc2c(Oc3ccc(NC(=O)Nc4ccc(F)cc4)cc3)ccnc2cc1CNC(C)=O.O=C(O)C(F)(F)F. The number of fused-ring (bicyclic) bond motifs is 2. The van der Waals surface area contributed by atoms with E-state index in [1.165, 1.54) is 55.5 Å². The van der Waals surface area contributed by atoms with Crippen molar-refractivity contribution in [2.75, 3.05) is 35.5 Å². The third kappa shape index (κ3) is 15.5. The number of carbonyl (C=O) groups is 4. The van der Waals surface area contributed by atoms with Crippen LogP contribution in [-0.2, 0) is 22.7 Å². The van der Waals surface area contributed by atoms with Crippen molar-refractivity contribution >= 4 is 68.5 Å². The molecule has 382 valence electrons. The van der Waals surface area contributed by atoms with Gasteiger partial charge in [-0.25, -0.2) is 23.2 Å². The molecule has 0 aliphatic carbocycles. The molecule has 0 fully saturated rings. The number of aromatic nitrogens is 2. The minimum atomic E-state index is -5.08. The van der Waals surface area contributed by atoms with Crippen LogP contribution in [0.4, 0.5) is 54.3 Å². The zero-order valence-electron chi connectivity index (χ0n) is 39.3. The number of nitrogens with one attached hydrogen (secondary N) is 5. The summed E-state index contributed by atoms with van der Waals surface area (Å²) >= 11 is 0. The Morgan fingerprint density at radius 2 is 0.905 bits per heavy atom. The fraction of sp³-hybridized carbons (Fsp3) is 0.115. The lowest BCUT2D eigenvalue weighted by molar-refractivity contribution is -0.192. The van der Waals surface area contributed by atoms with Crippen molar-refractivity contribution in [1.29, 1.82) is 0 Å². The van der Waals surface area contributed by atoms with E-state index < -0.39 is 24.2 Å². The molecular formula is C52H45F5N8O9. The molecule has 6 aromatic carbocycles. The molecule has 17 nitrogen and oxygen atoms in total. The molecule has 8 N–H and O–H groups in total. The summed E-state index contributed by atoms with van der Waals surface area (Å²) in [6, 6.07) is 34.8. The van der Waals surface area contributed by atoms with Crippen LogP contribution in [0.2, 0.25) is 0 Å². The standard InChI is InChI=1S/C26H23FN4O4.C24H21FN4O3.C2HF3O2/c1-16(32)29-15-17-13-23-22(14-25(17)34-2)24(11-12-28-23)35-21-9-7-20(8-10-21)31-26(33)30-19-5-3-18(27)4-6-19;1-31-23-13-20-21(12-15(23)14-26)27-11-10-22(20)32-19-8-6-18(7-9-19)29-24(30)28-17-4-2-16(25)3-5-17;3-2(4,5)1(6)7/h3-14H,15H2,1-2H3,(H,29,32)(H2,30,31,33);2-13H,14,26H2,1H3,(H2,28,29,30);(H,6,7). The summed E-state index contributed by atoms with van der Waals surface area (Å²) in [7, 11) is 3.16. The smallest absolute Gasteiger partial charge is 0.490 e. The van der Waals surface area contributed by atoms with Crippen LogP contribution in [0.15, 0.2) is 146 Å². The predicted octanol–water partition coefficient (Wildman–Crippen LogP) is 11.4. The first-order valence-corrected chi connectivity index (χ1v) is 21.8. The maximum Gasteiger partial charge on any atom is 0.490 e. The van der Waals surface area contributed by atoms with Crippen molar-refractivity contribution in [2.24, 2.45) is 5.73 Å². The van der Waals surface area contributed by atoms with Crippen molar-refractivity contribution < 1.29 is 65.2 Å². The van der Waals surface area contributed by atoms with Gasteiger partial charge in [-0.15, -0.1) is 0 Å². The van der Waals surface area contributed by atoms with Crippen molar-refractivity contribution in [3.05, 3.63) is 169 Å². The van der Waals surface area contributed by atoms with Gasteiger partial charge in [-0.05, 0) is 133 Å². The van der Waals surface area contributed by atoms with Crippen LogP contribution in [0.25, 0.3) is 21.8 Å². The molecule has 2 aromatic heterocycles. The summed E-state index contributed by atoms with van der Waals surface area (Å²) in [6.07, 6.45) is -1.78. The number of carboxylic acids is 1. The number of alkyl halides is 3. The van der Waals surface area contributed by atoms with Crippen LogP contribution in [0.3, 0.4) is 0 Å². The van der Waals surface area contributed by atoms with Gasteiger partial charge in [-0.3, -0.25) is 14.8 Å². The van der Waals surface area contributed by atoms with Crippen LogP contribution in [0.5, 0.6) is 34.5 Å². The number of hydrogen-bond acceptors (Lipinski definition) is 11. The average molecular weight is 1020 g/mol. The number of amides is 5. The lowest BCUT2D eigenvalue weighted by atomic mass is 10.1. The maximum atomic E-state index is 13.0. The Balaban J connectivity index is 0.000000214. The van der Waals surface area contributed by atoms with Gasteiger partial charge in [0.05, 0.1) is 25.3 Å². The first-order valence-electron chi connectivity index (χ1n) is 21.8. The molecule has 0 spiro atoms. The lowest BCUT2D eigenvalue weighted by Gasteiger charge is -2.14. The van der Waals surface area contributed by atoms with Gasteiger partial charge in [0.25, 0.3) is 0 Å². The minimum Gasteiger partial charge on any atom is -0.496 e. The molecule has 0 aliphatic heterocycles. The molecule has 0 radical (unpaired) electrons. The van der Waals surface area contributed by atoms with E-state index in [1.54, 1.807) is 87.3 Å². The second-order valence-electron chi connectivity index (χ2n) is 15.3. The number of halogens is 5. The zero-order valence-corrected chi connectivity index (χ0v) is 39.3. The van der Waals surface area contributed by atoms with Gasteiger partial charge in [-0.1, -0.05) is 0 Å². The average Bonchev–Trinajstić information content (AvgIpc) is 3.37. The summed E-state index contributed by atoms with van der Waals surface area (Å²) in [5, 5.41) is 22.1. The summed E-state index contributed by atoms with van der Waals surface area (Å²) < 4.78 is 80.7. The summed E-state index contributed by atoms with van der Waals surface area (Å²) in [6.45, 7) is 2.12. The molecule has 0 bridgehead atoms. The Bertz CT molecular complexity index is 3240. The van der Waals surface area contributed by atoms with E-state index in [0.29, 0.717) is 75.9 Å². The van der Waals surface area contributed by atoms with Crippen LogP contribution in [0, 0.1) is 11.6 Å². The van der Waals surface area contributed by atoms with Crippen molar-refractivity contribution in [1.82, 2.24) is 15.3 Å². The molecule has 0 unspecified atom stereocenters. The topological polar surface area (TPSA) is 237 Å². The van der Waals surface area contributed by atoms with Crippen LogP contribution < -0.4 is 51.3 Å². The number of carboxylic acid groups (broad SMARTS) is 1. The summed E-state index contributed by atoms with van der Waals surface area (Å²) in [5.74, 6) is -0.0203. The highest BCUT2D eigenvalue weighted by molar-refractivity contribution is 6.00. The van der Waals surface area contributed by atoms with E-state index >= 15 is 0 Å². The molecule has 8 aromatic rings. The minimum absolute atomic E-state index is 0.136. The largest absolute Gasteiger partial charge is 0.496 e. The molecule has 8 rings (SSSR count). The Hall–Kier alpha value is -9.57. The number of ether oxygens (including phenoxy) is 4. The quantitative estimate of drug-likeness (QED) is 0.0534. The van der Waals surface area contributed by atoms with Crippen molar-refractivity contribution in [3.8, 4) is 34.5 Å². The fourth-order valence-electron chi connectivity index (χ4n) is 6.58. The highest BCUT2D eigenvalue weighted by atomic mass is 19.4. The molecule has 74 heavy (non-hydrogen) atoms. The Labute approximate surface area is 418 Å². The third-order valence-corrected chi connectivity index (χ3v) is 10.1. The number of urea groups is 2. The van der Waals surface area contributed by atoms with Crippen LogP contribution in [-0.4, -0.2) is 59.4 Å². The molecule has 0 atom stereocenters. The van der Waals surface area contributed by atoms with E-state index in [-0.39, 0.29) is 17.5 Å². The second kappa shape index (κ2) is 25.0. The Morgan fingerprint density at radius 3 is 1.24 bits per heavy atom. The summed E-state index contributed by atoms with van der Waals surface area (Å²) in [4.78, 5) is 53.3. The second-order valence-corrected chi connectivity index (χ2v) is 15.3. The van der Waals surface area contributed by atoms with E-state index in [0.717, 1.165) is 27.4 Å². The predicted molar refractivity (Wildman–Crippen MR) is 267 cm³/mol. The normalized spacial score (nSPS) is 10.6. The molecule has 2 heterocycles. The van der Waals surface area contributed by atoms with Gasteiger partial charge in [0.15, 0.2) is 0 Å². The van der Waals surface area contributed by atoms with Crippen molar-refractivity contribution in [3.63, 3.8) is 0 Å². The Kier molecular flexibility index (Phi) is 18.2. The molecule has 0 aliphatic rings. The van der Waals surface area contributed by atoms with Gasteiger partial charge in [-0.2, -0.15) is 13.2 Å². The lowest BCUT2D eigenvalue weighted by Crippen LogP contribution is -2.21. The Morgan fingerprint density at radius 1 is 0.554 bits per heavy atom. The van der Waals surface area contributed by atoms with Gasteiger partial charge < -0.3 is 56.4 Å². The van der Waals surface area contributed by atoms with Gasteiger partial charge in [0.1, 0.15) is 46.1 Å². The molecule has 5 amide bonds. The van der Waals surface area contributed by atoms with Crippen LogP contribution in [0.1, 0.15) is 18.1 Å². The number of rotatable bonds is 13. The molecule has 0 saturated carbocycles. The summed E-state index contributed by atoms with van der Waals surface area (Å²) in [5.41, 5.74) is 11.0. The zero-order chi connectivity index (χ0) is 53.4. The number of pyridine rings is 2. The first-order chi connectivity index (χ1) is 35.4. The highest BCUT2D eigenvalue weighted by Crippen LogP contribution is 2.35. The number of carbonyl (C=O) groups excluding carboxylic acids is 3. The van der Waals surface area contributed by atoms with Crippen molar-refractivity contribution in [2.45, 2.75) is 26.2 Å². The van der Waals surface area contributed by atoms with Gasteiger partial charge >= 0.3 is 24.2 Å². The number of nitrogens with two attached hydrogens (primary N) is 1. The highest BCUT2D eigenvalue weighted by Gasteiger charge is 2.38. The molecule has 22 heteroatoms. The number of methoxy groups -OCH3 is 2. The number of hydrogen-bond donors (Lipinski definition) is 7. The molecular weight excluding hydrogens is 976 g/mol. The number of benzene rings is 6. The number of anilines is 4. The maximum absolute atomic E-state index is 13.0. The first kappa shape index (κ1) is 53.8.